The Morgan fingerprint density at radius 2 is 2.19 bits per heavy atom. The van der Waals surface area contributed by atoms with E-state index in [9.17, 15) is 32.7 Å². The van der Waals surface area contributed by atoms with E-state index in [0.29, 0.717) is 0 Å². The van der Waals surface area contributed by atoms with E-state index in [1.165, 1.54) is 6.20 Å². The third kappa shape index (κ3) is 6.49. The van der Waals surface area contributed by atoms with Crippen LogP contribution in [-0.2, 0) is 19.1 Å². The van der Waals surface area contributed by atoms with Crippen molar-refractivity contribution in [3.8, 4) is 11.8 Å². The van der Waals surface area contributed by atoms with Crippen molar-refractivity contribution >= 4 is 17.6 Å². The summed E-state index contributed by atoms with van der Waals surface area (Å²) in [7, 11) is 0. The van der Waals surface area contributed by atoms with Gasteiger partial charge in [0.05, 0.1) is 31.5 Å². The summed E-state index contributed by atoms with van der Waals surface area (Å²) in [6.07, 6.45) is -5.94. The van der Waals surface area contributed by atoms with Gasteiger partial charge in [0.25, 0.3) is 0 Å². The van der Waals surface area contributed by atoms with Crippen molar-refractivity contribution in [2.75, 3.05) is 25.2 Å². The Morgan fingerprint density at radius 1 is 1.48 bits per heavy atom. The fourth-order valence-corrected chi connectivity index (χ4v) is 2.73. The van der Waals surface area contributed by atoms with Gasteiger partial charge in [0.2, 0.25) is 5.91 Å². The topological polar surface area (TPSA) is 158 Å². The molecule has 2 rings (SSSR count). The number of nitrogens with one attached hydrogen (secondary N) is 2. The molecule has 0 aromatic carbocycles. The van der Waals surface area contributed by atoms with Crippen LogP contribution in [0.2, 0.25) is 0 Å². The van der Waals surface area contributed by atoms with E-state index in [1.54, 1.807) is 5.32 Å². The Hall–Kier alpha value is -2.99. The fourth-order valence-electron chi connectivity index (χ4n) is 2.73. The third-order valence-corrected chi connectivity index (χ3v) is 4.04. The van der Waals surface area contributed by atoms with Gasteiger partial charge in [0.1, 0.15) is 12.3 Å². The summed E-state index contributed by atoms with van der Waals surface area (Å²) in [4.78, 5) is 38.3. The molecule has 1 aromatic rings. The van der Waals surface area contributed by atoms with Crippen LogP contribution in [0.4, 0.5) is 19.0 Å². The number of alkyl halides is 3. The first-order valence-electron chi connectivity index (χ1n) is 8.89. The van der Waals surface area contributed by atoms with Gasteiger partial charge in [0, 0.05) is 19.5 Å². The summed E-state index contributed by atoms with van der Waals surface area (Å²) in [5, 5.41) is 13.3. The molecule has 31 heavy (non-hydrogen) atoms. The maximum atomic E-state index is 12.4. The quantitative estimate of drug-likeness (QED) is 0.313. The summed E-state index contributed by atoms with van der Waals surface area (Å²) in [5.74, 6) is 1.81. The summed E-state index contributed by atoms with van der Waals surface area (Å²) in [6.45, 7) is -0.00428. The lowest BCUT2D eigenvalue weighted by Crippen LogP contribution is -2.36. The van der Waals surface area contributed by atoms with E-state index in [4.69, 9.17) is 15.2 Å². The van der Waals surface area contributed by atoms with Gasteiger partial charge in [-0.3, -0.25) is 14.2 Å². The second kappa shape index (κ2) is 10.4. The lowest BCUT2D eigenvalue weighted by molar-refractivity contribution is -0.173. The maximum absolute atomic E-state index is 12.4. The average Bonchev–Trinajstić information content (AvgIpc) is 3.08. The standard InChI is InChI=1S/C17H20F3N5O6/c1-9(27)23-14-10(3-2-4-22-15(28)17(18,19)20)6-25(16(29)24-14)13-5-11(30-8-21)12(7-26)31-13/h6,11-13,26H,4-5,7-8,21H2,1H3,(H,22,28)(H,23,24,27,29). The van der Waals surface area contributed by atoms with Crippen molar-refractivity contribution in [3.63, 3.8) is 0 Å². The first-order chi connectivity index (χ1) is 14.6. The number of rotatable bonds is 6. The minimum absolute atomic E-state index is 0.0107. The van der Waals surface area contributed by atoms with Crippen LogP contribution >= 0.6 is 0 Å². The first-order valence-corrected chi connectivity index (χ1v) is 8.89. The van der Waals surface area contributed by atoms with Crippen LogP contribution in [0.1, 0.15) is 25.1 Å². The van der Waals surface area contributed by atoms with Crippen molar-refractivity contribution in [2.24, 2.45) is 5.73 Å². The molecule has 2 heterocycles. The van der Waals surface area contributed by atoms with Crippen LogP contribution < -0.4 is 22.1 Å². The molecule has 3 atom stereocenters. The number of aromatic nitrogens is 2. The van der Waals surface area contributed by atoms with Gasteiger partial charge >= 0.3 is 17.8 Å². The number of halogens is 3. The predicted molar refractivity (Wildman–Crippen MR) is 98.3 cm³/mol. The molecular weight excluding hydrogens is 427 g/mol. The van der Waals surface area contributed by atoms with Crippen molar-refractivity contribution in [3.05, 3.63) is 22.2 Å². The Morgan fingerprint density at radius 3 is 2.77 bits per heavy atom. The van der Waals surface area contributed by atoms with Crippen LogP contribution in [0.15, 0.2) is 11.0 Å². The number of ether oxygens (including phenoxy) is 2. The number of aliphatic hydroxyl groups is 1. The molecule has 1 aromatic heterocycles. The third-order valence-electron chi connectivity index (χ3n) is 4.04. The van der Waals surface area contributed by atoms with Crippen molar-refractivity contribution in [2.45, 2.75) is 38.0 Å². The van der Waals surface area contributed by atoms with Crippen LogP contribution in [-0.4, -0.2) is 64.7 Å². The normalized spacial score (nSPS) is 20.6. The molecule has 0 radical (unpaired) electrons. The van der Waals surface area contributed by atoms with Gasteiger partial charge < -0.3 is 30.9 Å². The molecule has 0 spiro atoms. The van der Waals surface area contributed by atoms with Crippen LogP contribution in [0, 0.1) is 11.8 Å². The Bertz CT molecular complexity index is 939. The number of nitrogens with two attached hydrogens (primary N) is 1. The molecule has 0 aliphatic carbocycles. The number of carbonyl (C=O) groups excluding carboxylic acids is 2. The SMILES string of the molecule is CC(=O)Nc1nc(=O)n(C2CC(OCN)C(CO)O2)cc1C#CCNC(=O)C(F)(F)F. The van der Waals surface area contributed by atoms with Crippen molar-refractivity contribution < 1.29 is 37.3 Å². The summed E-state index contributed by atoms with van der Waals surface area (Å²) in [6, 6.07) is 0. The zero-order valence-corrected chi connectivity index (χ0v) is 16.2. The molecule has 11 nitrogen and oxygen atoms in total. The highest BCUT2D eigenvalue weighted by atomic mass is 19.4. The fraction of sp³-hybridized carbons (Fsp3) is 0.529. The Labute approximate surface area is 173 Å². The molecule has 1 aliphatic heterocycles. The number of hydrogen-bond donors (Lipinski definition) is 4. The van der Waals surface area contributed by atoms with Crippen molar-refractivity contribution in [1.29, 1.82) is 0 Å². The molecular formula is C17H20F3N5O6. The molecule has 1 fully saturated rings. The zero-order valence-electron chi connectivity index (χ0n) is 16.2. The van der Waals surface area contributed by atoms with Gasteiger partial charge in [-0.25, -0.2) is 4.79 Å². The van der Waals surface area contributed by atoms with E-state index in [0.717, 1.165) is 11.5 Å². The highest BCUT2D eigenvalue weighted by Gasteiger charge is 2.38. The molecule has 2 amide bonds. The van der Waals surface area contributed by atoms with Gasteiger partial charge in [-0.05, 0) is 0 Å². The highest BCUT2D eigenvalue weighted by Crippen LogP contribution is 2.30. The lowest BCUT2D eigenvalue weighted by atomic mass is 10.2. The molecule has 3 unspecified atom stereocenters. The molecule has 170 valence electrons. The smallest absolute Gasteiger partial charge is 0.394 e. The van der Waals surface area contributed by atoms with Gasteiger partial charge in [-0.2, -0.15) is 18.2 Å². The van der Waals surface area contributed by atoms with Crippen molar-refractivity contribution in [1.82, 2.24) is 14.9 Å². The molecule has 1 aliphatic rings. The number of hydrogen-bond acceptors (Lipinski definition) is 8. The average molecular weight is 447 g/mol. The van der Waals surface area contributed by atoms with E-state index >= 15 is 0 Å². The number of aliphatic hydroxyl groups excluding tert-OH is 1. The summed E-state index contributed by atoms with van der Waals surface area (Å²) < 4.78 is 48.6. The number of anilines is 1. The molecule has 14 heteroatoms. The monoisotopic (exact) mass is 447 g/mol. The lowest BCUT2D eigenvalue weighted by Gasteiger charge is -2.16. The van der Waals surface area contributed by atoms with Gasteiger partial charge in [-0.15, -0.1) is 0 Å². The van der Waals surface area contributed by atoms with E-state index in [1.807, 2.05) is 0 Å². The number of nitrogens with zero attached hydrogens (tertiary/aromatic N) is 2. The molecule has 0 bridgehead atoms. The number of amides is 2. The van der Waals surface area contributed by atoms with E-state index in [2.05, 4.69) is 22.1 Å². The molecule has 5 N–H and O–H groups in total. The molecule has 1 saturated heterocycles. The summed E-state index contributed by atoms with van der Waals surface area (Å²) in [5.41, 5.74) is 4.53. The summed E-state index contributed by atoms with van der Waals surface area (Å²) >= 11 is 0. The van der Waals surface area contributed by atoms with Gasteiger partial charge in [0.15, 0.2) is 5.82 Å². The second-order valence-electron chi connectivity index (χ2n) is 6.28. The largest absolute Gasteiger partial charge is 0.471 e. The highest BCUT2D eigenvalue weighted by molar-refractivity contribution is 5.88. The minimum atomic E-state index is -5.05. The predicted octanol–water partition coefficient (Wildman–Crippen LogP) is -1.19. The minimum Gasteiger partial charge on any atom is -0.394 e. The Kier molecular flexibility index (Phi) is 8.11. The van der Waals surface area contributed by atoms with Crippen LogP contribution in [0.3, 0.4) is 0 Å². The second-order valence-corrected chi connectivity index (χ2v) is 6.28. The van der Waals surface area contributed by atoms with E-state index < -0.39 is 48.7 Å². The van der Waals surface area contributed by atoms with Crippen LogP contribution in [0.5, 0.6) is 0 Å². The van der Waals surface area contributed by atoms with Gasteiger partial charge in [-0.1, -0.05) is 11.8 Å². The first kappa shape index (κ1) is 24.3. The van der Waals surface area contributed by atoms with E-state index in [-0.39, 0.29) is 31.1 Å². The van der Waals surface area contributed by atoms with Crippen LogP contribution in [0.25, 0.3) is 0 Å². The maximum Gasteiger partial charge on any atom is 0.471 e. The Balaban J connectivity index is 2.30. The molecule has 0 saturated carbocycles. The number of carbonyl (C=O) groups is 2. The zero-order chi connectivity index (χ0) is 23.2.